The van der Waals surface area contributed by atoms with Gasteiger partial charge in [0.05, 0.1) is 28.6 Å². The molecule has 8 heteroatoms. The fourth-order valence-corrected chi connectivity index (χ4v) is 3.47. The molecule has 3 rings (SSSR count). The van der Waals surface area contributed by atoms with Crippen molar-refractivity contribution in [2.24, 2.45) is 0 Å². The summed E-state index contributed by atoms with van der Waals surface area (Å²) in [6.45, 7) is 3.71. The molecule has 0 aliphatic heterocycles. The van der Waals surface area contributed by atoms with Crippen LogP contribution in [0, 0.1) is 12.7 Å². The van der Waals surface area contributed by atoms with Gasteiger partial charge in [-0.25, -0.2) is 4.39 Å². The number of phenolic OH excluding ortho intramolecular Hbond substituents is 1. The largest absolute Gasteiger partial charge is 0.505 e. The Morgan fingerprint density at radius 1 is 1.17 bits per heavy atom. The Labute approximate surface area is 176 Å². The number of halogens is 3. The van der Waals surface area contributed by atoms with Crippen molar-refractivity contribution in [1.29, 1.82) is 0 Å². The number of rotatable bonds is 5. The zero-order chi connectivity index (χ0) is 21.3. The highest BCUT2D eigenvalue weighted by atomic mass is 35.5. The van der Waals surface area contributed by atoms with Crippen molar-refractivity contribution in [2.75, 3.05) is 6.61 Å². The predicted octanol–water partition coefficient (Wildman–Crippen LogP) is 5.29. The molecular weight excluding hydrogens is 420 g/mol. The quantitative estimate of drug-likeness (QED) is 0.550. The highest BCUT2D eigenvalue weighted by Gasteiger charge is 2.25. The number of hydrogen-bond acceptors (Lipinski definition) is 4. The first-order valence-electron chi connectivity index (χ1n) is 8.93. The summed E-state index contributed by atoms with van der Waals surface area (Å²) in [5.74, 6) is -2.48. The van der Waals surface area contributed by atoms with Gasteiger partial charge in [-0.05, 0) is 49.2 Å². The van der Waals surface area contributed by atoms with Crippen molar-refractivity contribution in [3.63, 3.8) is 0 Å². The molecular formula is C21H18Cl2FNO4. The number of aromatic nitrogens is 1. The van der Waals surface area contributed by atoms with Crippen LogP contribution in [0.4, 0.5) is 4.39 Å². The Kier molecular flexibility index (Phi) is 6.15. The highest BCUT2D eigenvalue weighted by Crippen LogP contribution is 2.34. The molecule has 0 spiro atoms. The van der Waals surface area contributed by atoms with Gasteiger partial charge in [0.1, 0.15) is 0 Å². The number of esters is 1. The van der Waals surface area contributed by atoms with E-state index in [0.717, 1.165) is 6.07 Å². The number of fused-ring (bicyclic) bond motifs is 1. The van der Waals surface area contributed by atoms with Gasteiger partial charge in [0.25, 0.3) is 5.91 Å². The van der Waals surface area contributed by atoms with Gasteiger partial charge in [0.2, 0.25) is 0 Å². The average molecular weight is 438 g/mol. The minimum absolute atomic E-state index is 0.00404. The minimum atomic E-state index is -0.899. The molecule has 1 aromatic heterocycles. The third-order valence-electron chi connectivity index (χ3n) is 4.57. The van der Waals surface area contributed by atoms with Crippen LogP contribution in [0.15, 0.2) is 30.3 Å². The van der Waals surface area contributed by atoms with Gasteiger partial charge in [-0.15, -0.1) is 0 Å². The molecule has 0 amide bonds. The predicted molar refractivity (Wildman–Crippen MR) is 109 cm³/mol. The van der Waals surface area contributed by atoms with E-state index < -0.39 is 23.4 Å². The standard InChI is InChI=1S/C21H18Cl2FNO4/c1-3-8-29-18(27)10-13-11(2)25(16-6-7-17(26)20(24)19(13)16)21(28)12-4-5-14(22)15(23)9-12/h4-7,9,26H,3,8,10H2,1-2H3. The molecule has 29 heavy (non-hydrogen) atoms. The zero-order valence-corrected chi connectivity index (χ0v) is 17.3. The Hall–Kier alpha value is -2.57. The SMILES string of the molecule is CCCOC(=O)Cc1c(C)n(C(=O)c2ccc(Cl)c(Cl)c2)c2ccc(O)c(F)c12. The van der Waals surface area contributed by atoms with E-state index in [2.05, 4.69) is 0 Å². The summed E-state index contributed by atoms with van der Waals surface area (Å²) < 4.78 is 21.2. The van der Waals surface area contributed by atoms with Crippen LogP contribution in [0.25, 0.3) is 10.9 Å². The lowest BCUT2D eigenvalue weighted by molar-refractivity contribution is -0.142. The Balaban J connectivity index is 2.18. The first kappa shape index (κ1) is 21.1. The van der Waals surface area contributed by atoms with Gasteiger partial charge in [0, 0.05) is 16.6 Å². The molecule has 0 radical (unpaired) electrons. The second-order valence-corrected chi connectivity index (χ2v) is 7.34. The number of phenols is 1. The van der Waals surface area contributed by atoms with Crippen molar-refractivity contribution >= 4 is 46.0 Å². The molecule has 0 saturated heterocycles. The van der Waals surface area contributed by atoms with Gasteiger partial charge >= 0.3 is 5.97 Å². The van der Waals surface area contributed by atoms with E-state index in [4.69, 9.17) is 27.9 Å². The normalized spacial score (nSPS) is 11.1. The molecule has 0 bridgehead atoms. The van der Waals surface area contributed by atoms with Crippen LogP contribution in [-0.2, 0) is 16.0 Å². The van der Waals surface area contributed by atoms with Crippen molar-refractivity contribution in [2.45, 2.75) is 26.7 Å². The van der Waals surface area contributed by atoms with Gasteiger partial charge in [-0.1, -0.05) is 30.1 Å². The maximum Gasteiger partial charge on any atom is 0.310 e. The Bertz CT molecular complexity index is 1120. The second-order valence-electron chi connectivity index (χ2n) is 6.52. The molecule has 1 heterocycles. The maximum absolute atomic E-state index is 14.8. The van der Waals surface area contributed by atoms with Crippen molar-refractivity contribution in [3.8, 4) is 5.75 Å². The van der Waals surface area contributed by atoms with Crippen LogP contribution in [0.3, 0.4) is 0 Å². The van der Waals surface area contributed by atoms with E-state index >= 15 is 0 Å². The summed E-state index contributed by atoms with van der Waals surface area (Å²) in [7, 11) is 0. The minimum Gasteiger partial charge on any atom is -0.505 e. The van der Waals surface area contributed by atoms with Crippen LogP contribution >= 0.6 is 23.2 Å². The van der Waals surface area contributed by atoms with Gasteiger partial charge in [-0.3, -0.25) is 14.2 Å². The summed E-state index contributed by atoms with van der Waals surface area (Å²) in [5, 5.41) is 10.3. The van der Waals surface area contributed by atoms with Crippen LogP contribution in [0.5, 0.6) is 5.75 Å². The molecule has 152 valence electrons. The van der Waals surface area contributed by atoms with E-state index in [1.54, 1.807) is 6.92 Å². The number of nitrogens with zero attached hydrogens (tertiary/aromatic N) is 1. The average Bonchev–Trinajstić information content (AvgIpc) is 2.96. The molecule has 0 aliphatic rings. The van der Waals surface area contributed by atoms with Crippen LogP contribution in [0.1, 0.15) is 35.0 Å². The monoisotopic (exact) mass is 437 g/mol. The van der Waals surface area contributed by atoms with Gasteiger partial charge in [0.15, 0.2) is 11.6 Å². The lowest BCUT2D eigenvalue weighted by atomic mass is 10.1. The van der Waals surface area contributed by atoms with Gasteiger partial charge < -0.3 is 9.84 Å². The van der Waals surface area contributed by atoms with Crippen molar-refractivity contribution < 1.29 is 23.8 Å². The molecule has 0 unspecified atom stereocenters. The topological polar surface area (TPSA) is 68.5 Å². The summed E-state index contributed by atoms with van der Waals surface area (Å²) in [6.07, 6.45) is 0.418. The third-order valence-corrected chi connectivity index (χ3v) is 5.31. The van der Waals surface area contributed by atoms with E-state index in [1.807, 2.05) is 6.92 Å². The first-order chi connectivity index (χ1) is 13.8. The second kappa shape index (κ2) is 8.43. The summed E-state index contributed by atoms with van der Waals surface area (Å²) in [5.41, 5.74) is 1.12. The fourth-order valence-electron chi connectivity index (χ4n) is 3.17. The van der Waals surface area contributed by atoms with Gasteiger partial charge in [-0.2, -0.15) is 0 Å². The number of carbonyl (C=O) groups excluding carboxylic acids is 2. The Morgan fingerprint density at radius 3 is 2.55 bits per heavy atom. The third kappa shape index (κ3) is 3.95. The molecule has 1 N–H and O–H groups in total. The molecule has 3 aromatic rings. The zero-order valence-electron chi connectivity index (χ0n) is 15.8. The first-order valence-corrected chi connectivity index (χ1v) is 9.68. The number of hydrogen-bond donors (Lipinski definition) is 1. The molecule has 2 aromatic carbocycles. The Morgan fingerprint density at radius 2 is 1.90 bits per heavy atom. The van der Waals surface area contributed by atoms with Crippen LogP contribution < -0.4 is 0 Å². The number of carbonyl (C=O) groups is 2. The highest BCUT2D eigenvalue weighted by molar-refractivity contribution is 6.42. The summed E-state index contributed by atoms with van der Waals surface area (Å²) in [4.78, 5) is 25.3. The maximum atomic E-state index is 14.8. The molecule has 5 nitrogen and oxygen atoms in total. The molecule has 0 saturated carbocycles. The molecule has 0 fully saturated rings. The van der Waals surface area contributed by atoms with Crippen molar-refractivity contribution in [3.05, 3.63) is 63.0 Å². The van der Waals surface area contributed by atoms with Crippen LogP contribution in [0.2, 0.25) is 10.0 Å². The molecule has 0 atom stereocenters. The number of ether oxygens (including phenoxy) is 1. The van der Waals surface area contributed by atoms with E-state index in [1.165, 1.54) is 28.8 Å². The number of aromatic hydroxyl groups is 1. The van der Waals surface area contributed by atoms with E-state index in [0.29, 0.717) is 17.1 Å². The number of benzene rings is 2. The lowest BCUT2D eigenvalue weighted by Crippen LogP contribution is -2.15. The fraction of sp³-hybridized carbons (Fsp3) is 0.238. The lowest BCUT2D eigenvalue weighted by Gasteiger charge is -2.09. The summed E-state index contributed by atoms with van der Waals surface area (Å²) >= 11 is 11.9. The van der Waals surface area contributed by atoms with Crippen molar-refractivity contribution in [1.82, 2.24) is 4.57 Å². The van der Waals surface area contributed by atoms with Crippen LogP contribution in [-0.4, -0.2) is 28.2 Å². The van der Waals surface area contributed by atoms with E-state index in [9.17, 15) is 19.1 Å². The summed E-state index contributed by atoms with van der Waals surface area (Å²) in [6, 6.07) is 7.01. The smallest absolute Gasteiger partial charge is 0.310 e. The van der Waals surface area contributed by atoms with E-state index in [-0.39, 0.29) is 40.1 Å². The molecule has 0 aliphatic carbocycles.